The molecule has 1 atom stereocenters. The van der Waals surface area contributed by atoms with Gasteiger partial charge >= 0.3 is 0 Å². The molecule has 21 heavy (non-hydrogen) atoms. The summed E-state index contributed by atoms with van der Waals surface area (Å²) >= 11 is 2.80. The van der Waals surface area contributed by atoms with Gasteiger partial charge in [0.05, 0.1) is 18.0 Å². The number of nitrogens with one attached hydrogen (secondary N) is 2. The van der Waals surface area contributed by atoms with Crippen molar-refractivity contribution in [3.8, 4) is 0 Å². The molecule has 0 bridgehead atoms. The van der Waals surface area contributed by atoms with Crippen molar-refractivity contribution < 1.29 is 14.7 Å². The Hall–Kier alpha value is -1.70. The highest BCUT2D eigenvalue weighted by Gasteiger charge is 2.24. The van der Waals surface area contributed by atoms with Crippen LogP contribution in [0, 0.1) is 0 Å². The van der Waals surface area contributed by atoms with Crippen LogP contribution < -0.4 is 10.6 Å². The molecule has 7 heteroatoms. The third kappa shape index (κ3) is 4.38. The lowest BCUT2D eigenvalue weighted by Crippen LogP contribution is -2.43. The number of thiophene rings is 2. The van der Waals surface area contributed by atoms with Gasteiger partial charge in [-0.3, -0.25) is 9.59 Å². The zero-order chi connectivity index (χ0) is 15.3. The van der Waals surface area contributed by atoms with Crippen LogP contribution in [0.2, 0.25) is 0 Å². The standard InChI is InChI=1S/C14H16N2O3S2/c1-14(19,10-4-6-20-8-10)9-16-12(17)7-15-13(18)11-3-2-5-21-11/h2-6,8,19H,7,9H2,1H3,(H,15,18)(H,16,17). The highest BCUT2D eigenvalue weighted by atomic mass is 32.1. The summed E-state index contributed by atoms with van der Waals surface area (Å²) in [5.41, 5.74) is -0.358. The summed E-state index contributed by atoms with van der Waals surface area (Å²) in [4.78, 5) is 23.9. The molecule has 112 valence electrons. The second-order valence-electron chi connectivity index (χ2n) is 4.72. The lowest BCUT2D eigenvalue weighted by molar-refractivity contribution is -0.121. The number of carbonyl (C=O) groups excluding carboxylic acids is 2. The van der Waals surface area contributed by atoms with Gasteiger partial charge in [0.1, 0.15) is 5.60 Å². The minimum absolute atomic E-state index is 0.0947. The zero-order valence-electron chi connectivity index (χ0n) is 11.5. The second-order valence-corrected chi connectivity index (χ2v) is 6.45. The Kier molecular flexibility index (Phi) is 5.11. The van der Waals surface area contributed by atoms with E-state index < -0.39 is 5.60 Å². The predicted molar refractivity (Wildman–Crippen MR) is 83.6 cm³/mol. The molecule has 1 unspecified atom stereocenters. The number of aliphatic hydroxyl groups is 1. The lowest BCUT2D eigenvalue weighted by Gasteiger charge is -2.22. The Bertz CT molecular complexity index is 592. The molecule has 3 N–H and O–H groups in total. The minimum atomic E-state index is -1.12. The number of amides is 2. The van der Waals surface area contributed by atoms with Crippen LogP contribution in [0.3, 0.4) is 0 Å². The van der Waals surface area contributed by atoms with E-state index in [0.29, 0.717) is 4.88 Å². The van der Waals surface area contributed by atoms with Gasteiger partial charge in [-0.25, -0.2) is 0 Å². The predicted octanol–water partition coefficient (Wildman–Crippen LogP) is 1.56. The first kappa shape index (κ1) is 15.7. The second kappa shape index (κ2) is 6.84. The van der Waals surface area contributed by atoms with Gasteiger partial charge in [0.2, 0.25) is 5.91 Å². The van der Waals surface area contributed by atoms with E-state index in [1.807, 2.05) is 16.8 Å². The molecule has 0 aliphatic heterocycles. The van der Waals surface area contributed by atoms with Gasteiger partial charge in [0.25, 0.3) is 5.91 Å². The molecule has 0 saturated carbocycles. The van der Waals surface area contributed by atoms with E-state index >= 15 is 0 Å². The van der Waals surface area contributed by atoms with Gasteiger partial charge in [-0.1, -0.05) is 6.07 Å². The summed E-state index contributed by atoms with van der Waals surface area (Å²) in [6.45, 7) is 1.62. The summed E-state index contributed by atoms with van der Waals surface area (Å²) in [7, 11) is 0. The van der Waals surface area contributed by atoms with Gasteiger partial charge in [0, 0.05) is 0 Å². The molecule has 2 heterocycles. The molecule has 2 amide bonds. The van der Waals surface area contributed by atoms with Crippen molar-refractivity contribution in [2.45, 2.75) is 12.5 Å². The summed E-state index contributed by atoms with van der Waals surface area (Å²) < 4.78 is 0. The van der Waals surface area contributed by atoms with Crippen LogP contribution in [-0.2, 0) is 10.4 Å². The Labute approximate surface area is 130 Å². The van der Waals surface area contributed by atoms with E-state index in [9.17, 15) is 14.7 Å². The Morgan fingerprint density at radius 2 is 2.10 bits per heavy atom. The first-order chi connectivity index (χ1) is 9.99. The molecular weight excluding hydrogens is 308 g/mol. The number of hydrogen-bond acceptors (Lipinski definition) is 5. The SMILES string of the molecule is CC(O)(CNC(=O)CNC(=O)c1cccs1)c1ccsc1. The molecule has 5 nitrogen and oxygen atoms in total. The molecule has 2 rings (SSSR count). The van der Waals surface area contributed by atoms with Crippen molar-refractivity contribution in [1.82, 2.24) is 10.6 Å². The van der Waals surface area contributed by atoms with E-state index in [1.54, 1.807) is 24.4 Å². The van der Waals surface area contributed by atoms with Crippen LogP contribution in [0.1, 0.15) is 22.2 Å². The Morgan fingerprint density at radius 1 is 1.29 bits per heavy atom. The van der Waals surface area contributed by atoms with E-state index in [0.717, 1.165) is 5.56 Å². The van der Waals surface area contributed by atoms with Crippen molar-refractivity contribution in [2.75, 3.05) is 13.1 Å². The third-order valence-corrected chi connectivity index (χ3v) is 4.48. The molecule has 0 fully saturated rings. The quantitative estimate of drug-likeness (QED) is 0.754. The number of carbonyl (C=O) groups is 2. The van der Waals surface area contributed by atoms with E-state index in [1.165, 1.54) is 22.7 Å². The molecule has 2 aromatic heterocycles. The van der Waals surface area contributed by atoms with Crippen LogP contribution in [0.15, 0.2) is 34.3 Å². The van der Waals surface area contributed by atoms with Crippen LogP contribution in [0.5, 0.6) is 0 Å². The van der Waals surface area contributed by atoms with Crippen molar-refractivity contribution in [2.24, 2.45) is 0 Å². The molecule has 0 aliphatic rings. The maximum absolute atomic E-state index is 11.7. The maximum atomic E-state index is 11.7. The van der Waals surface area contributed by atoms with E-state index in [-0.39, 0.29) is 24.9 Å². The topological polar surface area (TPSA) is 78.4 Å². The Balaban J connectivity index is 1.76. The maximum Gasteiger partial charge on any atom is 0.261 e. The van der Waals surface area contributed by atoms with Crippen LogP contribution in [0.4, 0.5) is 0 Å². The first-order valence-corrected chi connectivity index (χ1v) is 8.15. The molecular formula is C14H16N2O3S2. The highest BCUT2D eigenvalue weighted by molar-refractivity contribution is 7.12. The van der Waals surface area contributed by atoms with Gasteiger partial charge in [-0.2, -0.15) is 11.3 Å². The summed E-state index contributed by atoms with van der Waals surface area (Å²) in [6, 6.07) is 5.28. The molecule has 0 aromatic carbocycles. The fourth-order valence-corrected chi connectivity index (χ4v) is 3.08. The van der Waals surface area contributed by atoms with Crippen molar-refractivity contribution in [3.05, 3.63) is 44.8 Å². The molecule has 0 saturated heterocycles. The van der Waals surface area contributed by atoms with Crippen LogP contribution >= 0.6 is 22.7 Å². The smallest absolute Gasteiger partial charge is 0.261 e. The van der Waals surface area contributed by atoms with Crippen molar-refractivity contribution in [3.63, 3.8) is 0 Å². The third-order valence-electron chi connectivity index (χ3n) is 2.93. The van der Waals surface area contributed by atoms with Gasteiger partial charge in [-0.05, 0) is 40.8 Å². The van der Waals surface area contributed by atoms with Crippen molar-refractivity contribution in [1.29, 1.82) is 0 Å². The lowest BCUT2D eigenvalue weighted by atomic mass is 9.99. The average Bonchev–Trinajstić information content (AvgIpc) is 3.14. The van der Waals surface area contributed by atoms with Crippen LogP contribution in [0.25, 0.3) is 0 Å². The minimum Gasteiger partial charge on any atom is -0.384 e. The number of rotatable bonds is 6. The van der Waals surface area contributed by atoms with Crippen molar-refractivity contribution >= 4 is 34.5 Å². The summed E-state index contributed by atoms with van der Waals surface area (Å²) in [5.74, 6) is -0.611. The summed E-state index contributed by atoms with van der Waals surface area (Å²) in [6.07, 6.45) is 0. The zero-order valence-corrected chi connectivity index (χ0v) is 13.1. The monoisotopic (exact) mass is 324 g/mol. The normalized spacial score (nSPS) is 13.4. The van der Waals surface area contributed by atoms with Crippen LogP contribution in [-0.4, -0.2) is 30.0 Å². The van der Waals surface area contributed by atoms with Gasteiger partial charge < -0.3 is 15.7 Å². The molecule has 2 aromatic rings. The van der Waals surface area contributed by atoms with Gasteiger partial charge in [-0.15, -0.1) is 11.3 Å². The average molecular weight is 324 g/mol. The molecule has 0 aliphatic carbocycles. The fourth-order valence-electron chi connectivity index (χ4n) is 1.66. The fraction of sp³-hybridized carbons (Fsp3) is 0.286. The van der Waals surface area contributed by atoms with E-state index in [2.05, 4.69) is 10.6 Å². The van der Waals surface area contributed by atoms with Gasteiger partial charge in [0.15, 0.2) is 0 Å². The Morgan fingerprint density at radius 3 is 2.71 bits per heavy atom. The summed E-state index contributed by atoms with van der Waals surface area (Å²) in [5, 5.41) is 20.9. The molecule has 0 radical (unpaired) electrons. The highest BCUT2D eigenvalue weighted by Crippen LogP contribution is 2.21. The molecule has 0 spiro atoms. The largest absolute Gasteiger partial charge is 0.384 e. The number of hydrogen-bond donors (Lipinski definition) is 3. The van der Waals surface area contributed by atoms with E-state index in [4.69, 9.17) is 0 Å². The first-order valence-electron chi connectivity index (χ1n) is 6.32.